The minimum atomic E-state index is -0.653. The maximum atomic E-state index is 12.7. The Morgan fingerprint density at radius 1 is 1.03 bits per heavy atom. The minimum Gasteiger partial charge on any atom is -0.422 e. The second-order valence-corrected chi connectivity index (χ2v) is 7.35. The molecule has 0 saturated carbocycles. The Bertz CT molecular complexity index is 1340. The highest BCUT2D eigenvalue weighted by Gasteiger charge is 2.16. The predicted molar refractivity (Wildman–Crippen MR) is 122 cm³/mol. The van der Waals surface area contributed by atoms with Crippen molar-refractivity contribution < 1.29 is 14.3 Å². The van der Waals surface area contributed by atoms with E-state index in [0.717, 1.165) is 10.8 Å². The molecule has 9 heteroatoms. The van der Waals surface area contributed by atoms with Crippen LogP contribution in [-0.4, -0.2) is 28.1 Å². The summed E-state index contributed by atoms with van der Waals surface area (Å²) in [6, 6.07) is 15.5. The van der Waals surface area contributed by atoms with Crippen LogP contribution >= 0.6 is 23.2 Å². The number of fused-ring (bicyclic) bond motifs is 1. The van der Waals surface area contributed by atoms with Crippen LogP contribution < -0.4 is 10.2 Å². The fourth-order valence-corrected chi connectivity index (χ4v) is 3.42. The molecule has 4 aromatic rings. The SMILES string of the molecule is O=C(NN=Cc1c(OC(=O)c2ccc(Cl)cc2Cl)ccc2ccccc12)c1cnccn1. The van der Waals surface area contributed by atoms with Crippen LogP contribution in [0.3, 0.4) is 0 Å². The third-order valence-corrected chi connectivity index (χ3v) is 4.99. The van der Waals surface area contributed by atoms with Crippen LogP contribution in [0.1, 0.15) is 26.4 Å². The molecule has 1 heterocycles. The lowest BCUT2D eigenvalue weighted by molar-refractivity contribution is 0.0734. The molecule has 0 aliphatic heterocycles. The molecular weight excluding hydrogens is 451 g/mol. The summed E-state index contributed by atoms with van der Waals surface area (Å²) in [5, 5.41) is 6.27. The fraction of sp³-hybridized carbons (Fsp3) is 0. The number of hydrogen-bond acceptors (Lipinski definition) is 6. The monoisotopic (exact) mass is 464 g/mol. The highest BCUT2D eigenvalue weighted by Crippen LogP contribution is 2.29. The number of carbonyl (C=O) groups is 2. The van der Waals surface area contributed by atoms with Gasteiger partial charge >= 0.3 is 5.97 Å². The third kappa shape index (κ3) is 4.74. The molecule has 1 amide bonds. The number of nitrogens with one attached hydrogen (secondary N) is 1. The van der Waals surface area contributed by atoms with Crippen LogP contribution in [0.25, 0.3) is 10.8 Å². The number of benzene rings is 3. The number of rotatable bonds is 5. The topological polar surface area (TPSA) is 93.5 Å². The molecule has 158 valence electrons. The molecule has 32 heavy (non-hydrogen) atoms. The van der Waals surface area contributed by atoms with E-state index in [1.54, 1.807) is 12.1 Å². The largest absolute Gasteiger partial charge is 0.422 e. The van der Waals surface area contributed by atoms with E-state index in [-0.39, 0.29) is 22.0 Å². The van der Waals surface area contributed by atoms with Gasteiger partial charge in [0, 0.05) is 23.0 Å². The zero-order valence-corrected chi connectivity index (χ0v) is 17.8. The van der Waals surface area contributed by atoms with Crippen molar-refractivity contribution in [1.29, 1.82) is 0 Å². The van der Waals surface area contributed by atoms with E-state index >= 15 is 0 Å². The number of esters is 1. The number of hydrogen-bond donors (Lipinski definition) is 1. The molecule has 4 rings (SSSR count). The average Bonchev–Trinajstić information content (AvgIpc) is 2.80. The summed E-state index contributed by atoms with van der Waals surface area (Å²) in [6.45, 7) is 0. The van der Waals surface area contributed by atoms with E-state index in [9.17, 15) is 9.59 Å². The lowest BCUT2D eigenvalue weighted by Crippen LogP contribution is -2.19. The highest BCUT2D eigenvalue weighted by atomic mass is 35.5. The van der Waals surface area contributed by atoms with E-state index in [4.69, 9.17) is 27.9 Å². The van der Waals surface area contributed by atoms with Gasteiger partial charge in [-0.25, -0.2) is 15.2 Å². The Kier molecular flexibility index (Phi) is 6.39. The smallest absolute Gasteiger partial charge is 0.345 e. The van der Waals surface area contributed by atoms with Crippen molar-refractivity contribution in [2.24, 2.45) is 5.10 Å². The zero-order valence-electron chi connectivity index (χ0n) is 16.3. The number of carbonyl (C=O) groups excluding carboxylic acids is 2. The van der Waals surface area contributed by atoms with Crippen molar-refractivity contribution in [2.75, 3.05) is 0 Å². The Morgan fingerprint density at radius 2 is 1.88 bits per heavy atom. The van der Waals surface area contributed by atoms with Gasteiger partial charge in [0.15, 0.2) is 0 Å². The van der Waals surface area contributed by atoms with Crippen molar-refractivity contribution in [2.45, 2.75) is 0 Å². The summed E-state index contributed by atoms with van der Waals surface area (Å²) >= 11 is 12.0. The number of hydrazone groups is 1. The molecule has 3 aromatic carbocycles. The van der Waals surface area contributed by atoms with Crippen molar-refractivity contribution in [3.05, 3.63) is 100 Å². The molecule has 0 atom stereocenters. The van der Waals surface area contributed by atoms with E-state index in [1.807, 2.05) is 30.3 Å². The first-order chi connectivity index (χ1) is 15.5. The van der Waals surface area contributed by atoms with Crippen molar-refractivity contribution in [1.82, 2.24) is 15.4 Å². The van der Waals surface area contributed by atoms with Gasteiger partial charge in [0.2, 0.25) is 0 Å². The van der Waals surface area contributed by atoms with Gasteiger partial charge in [-0.1, -0.05) is 53.5 Å². The predicted octanol–water partition coefficient (Wildman–Crippen LogP) is 4.92. The van der Waals surface area contributed by atoms with Gasteiger partial charge in [-0.15, -0.1) is 0 Å². The molecular formula is C23H14Cl2N4O3. The summed E-state index contributed by atoms with van der Waals surface area (Å²) < 4.78 is 5.61. The molecule has 0 spiro atoms. The minimum absolute atomic E-state index is 0.117. The summed E-state index contributed by atoms with van der Waals surface area (Å²) in [6.07, 6.45) is 5.60. The van der Waals surface area contributed by atoms with E-state index in [2.05, 4.69) is 20.5 Å². The number of amides is 1. The molecule has 0 aliphatic rings. The number of aromatic nitrogens is 2. The van der Waals surface area contributed by atoms with Crippen LogP contribution in [0.4, 0.5) is 0 Å². The first-order valence-corrected chi connectivity index (χ1v) is 10.1. The Labute approximate surface area is 192 Å². The van der Waals surface area contributed by atoms with Gasteiger partial charge in [0.05, 0.1) is 23.0 Å². The molecule has 1 aromatic heterocycles. The molecule has 0 radical (unpaired) electrons. The van der Waals surface area contributed by atoms with Crippen LogP contribution in [0, 0.1) is 0 Å². The van der Waals surface area contributed by atoms with Gasteiger partial charge in [0.25, 0.3) is 5.91 Å². The first kappa shape index (κ1) is 21.4. The number of nitrogens with zero attached hydrogens (tertiary/aromatic N) is 3. The van der Waals surface area contributed by atoms with Gasteiger partial charge in [-0.3, -0.25) is 9.78 Å². The zero-order chi connectivity index (χ0) is 22.5. The molecule has 0 bridgehead atoms. The Hall–Kier alpha value is -3.81. The maximum Gasteiger partial charge on any atom is 0.345 e. The molecule has 7 nitrogen and oxygen atoms in total. The quantitative estimate of drug-likeness (QED) is 0.196. The number of halogens is 2. The summed E-state index contributed by atoms with van der Waals surface area (Å²) in [4.78, 5) is 32.7. The highest BCUT2D eigenvalue weighted by molar-refractivity contribution is 6.36. The molecule has 0 saturated heterocycles. The summed E-state index contributed by atoms with van der Waals surface area (Å²) in [5.74, 6) is -0.932. The van der Waals surface area contributed by atoms with E-state index < -0.39 is 11.9 Å². The van der Waals surface area contributed by atoms with Crippen molar-refractivity contribution in [3.8, 4) is 5.75 Å². The lowest BCUT2D eigenvalue weighted by Gasteiger charge is -2.11. The summed E-state index contributed by atoms with van der Waals surface area (Å²) in [7, 11) is 0. The lowest BCUT2D eigenvalue weighted by atomic mass is 10.0. The Morgan fingerprint density at radius 3 is 2.66 bits per heavy atom. The third-order valence-electron chi connectivity index (χ3n) is 4.44. The maximum absolute atomic E-state index is 12.7. The van der Waals surface area contributed by atoms with E-state index in [1.165, 1.54) is 36.9 Å². The second-order valence-electron chi connectivity index (χ2n) is 6.50. The van der Waals surface area contributed by atoms with Crippen LogP contribution in [0.5, 0.6) is 5.75 Å². The second kappa shape index (κ2) is 9.55. The first-order valence-electron chi connectivity index (χ1n) is 9.31. The van der Waals surface area contributed by atoms with E-state index in [0.29, 0.717) is 10.6 Å². The van der Waals surface area contributed by atoms with Gasteiger partial charge in [-0.2, -0.15) is 5.10 Å². The van der Waals surface area contributed by atoms with Crippen LogP contribution in [0.15, 0.2) is 78.3 Å². The Balaban J connectivity index is 1.65. The normalized spacial score (nSPS) is 10.9. The summed E-state index contributed by atoms with van der Waals surface area (Å²) in [5.41, 5.74) is 3.18. The standard InChI is InChI=1S/C23H14Cl2N4O3/c24-15-6-7-17(19(25)11-15)23(31)32-21-8-5-14-3-1-2-4-16(14)18(21)12-28-29-22(30)20-13-26-9-10-27-20/h1-13H,(H,29,30). The van der Waals surface area contributed by atoms with Crippen LogP contribution in [-0.2, 0) is 0 Å². The molecule has 0 unspecified atom stereocenters. The van der Waals surface area contributed by atoms with Crippen molar-refractivity contribution >= 4 is 52.1 Å². The molecule has 0 fully saturated rings. The fourth-order valence-electron chi connectivity index (χ4n) is 2.94. The molecule has 0 aliphatic carbocycles. The number of ether oxygens (including phenoxy) is 1. The van der Waals surface area contributed by atoms with Crippen LogP contribution in [0.2, 0.25) is 10.0 Å². The van der Waals surface area contributed by atoms with Gasteiger partial charge in [0.1, 0.15) is 11.4 Å². The van der Waals surface area contributed by atoms with Crippen molar-refractivity contribution in [3.63, 3.8) is 0 Å². The van der Waals surface area contributed by atoms with Gasteiger partial charge in [-0.05, 0) is 35.0 Å². The average molecular weight is 465 g/mol. The molecule has 1 N–H and O–H groups in total. The van der Waals surface area contributed by atoms with Gasteiger partial charge < -0.3 is 4.74 Å².